The molecule has 0 aromatic rings. The molecule has 0 saturated heterocycles. The van der Waals surface area contributed by atoms with Gasteiger partial charge in [0.25, 0.3) is 0 Å². The third-order valence-electron chi connectivity index (χ3n) is 24.0. The average Bonchev–Trinajstić information content (AvgIpc) is 3.86. The molecule has 0 aromatic carbocycles. The molecule has 348 valence electrons. The van der Waals surface area contributed by atoms with Gasteiger partial charge in [-0.25, -0.2) is 0 Å². The number of Topliss-reactive ketones (excluding diaryl/α,β-unsaturated/α-hetero) is 2. The summed E-state index contributed by atoms with van der Waals surface area (Å²) in [5.41, 5.74) is 4.12. The van der Waals surface area contributed by atoms with Crippen molar-refractivity contribution in [3.8, 4) is 0 Å². The Hall–Kier alpha value is -1.92. The predicted octanol–water partition coefficient (Wildman–Crippen LogP) is 11.9. The van der Waals surface area contributed by atoms with Crippen LogP contribution in [0.2, 0.25) is 0 Å². The second-order valence-corrected chi connectivity index (χ2v) is 26.0. The minimum absolute atomic E-state index is 0.0246. The predicted molar refractivity (Wildman–Crippen MR) is 247 cm³/mol. The summed E-state index contributed by atoms with van der Waals surface area (Å²) in [6.45, 7) is 14.3. The summed E-state index contributed by atoms with van der Waals surface area (Å²) in [6, 6.07) is 0. The Bertz CT molecular complexity index is 1950. The van der Waals surface area contributed by atoms with Crippen molar-refractivity contribution < 1.29 is 29.4 Å². The van der Waals surface area contributed by atoms with Gasteiger partial charge in [0.2, 0.25) is 0 Å². The summed E-state index contributed by atoms with van der Waals surface area (Å²) < 4.78 is 0. The van der Waals surface area contributed by atoms with Crippen LogP contribution < -0.4 is 0 Å². The van der Waals surface area contributed by atoms with Crippen molar-refractivity contribution >= 4 is 23.1 Å². The largest absolute Gasteiger partial charge is 0.393 e. The molecule has 6 heteroatoms. The number of hydrogen-bond acceptors (Lipinski definition) is 6. The zero-order chi connectivity index (χ0) is 44.5. The molecule has 10 saturated carbocycles. The molecule has 0 spiro atoms. The fourth-order valence-electron chi connectivity index (χ4n) is 19.9. The lowest BCUT2D eigenvalue weighted by atomic mass is 9.45. The SMILES string of the molecule is C[C@]12CCC(=O)C=C1CC[C@@H]1[C@@H]2CC[C@]2(C)C(=O)CC[C@@H]12.C[C@]12CC[C@H]3[C@@H](CCC4=CC(=O)CC[C@@]43C)[C@@H]1CC[C@@H]2O.C[C@]12CC[C@H]3[C@@H](CCC4CC(=O)CC[C@@]43C)[C@@H]1CC[C@@H]2O. The van der Waals surface area contributed by atoms with E-state index < -0.39 is 0 Å². The molecular weight excluding hydrogens is 781 g/mol. The van der Waals surface area contributed by atoms with E-state index >= 15 is 0 Å². The van der Waals surface area contributed by atoms with Gasteiger partial charge in [0.15, 0.2) is 11.6 Å². The lowest BCUT2D eigenvalue weighted by Crippen LogP contribution is -2.54. The molecule has 2 N–H and O–H groups in total. The lowest BCUT2D eigenvalue weighted by molar-refractivity contribution is -0.142. The van der Waals surface area contributed by atoms with Crippen molar-refractivity contribution in [3.05, 3.63) is 23.3 Å². The standard InChI is InChI=1S/C19H30O2.C19H28O2.C19H26O2/c3*1-18-9-7-13(20)11-12(18)3-4-14-15-5-6-17(21)19(15,2)10-8-16(14)18/h12,14-17,21H,3-11H2,1-2H3;11,14-17,21H,3-10H2,1-2H3;11,14-16H,3-10H2,1-2H3/t12?,14-,15-,16-,17-,18-,19-;14-,15-,16-,17-,18-,19-;14-,15-,16-,18-,19-/m000/s1. The first kappa shape index (κ1) is 44.9. The highest BCUT2D eigenvalue weighted by atomic mass is 16.3. The summed E-state index contributed by atoms with van der Waals surface area (Å²) in [7, 11) is 0. The van der Waals surface area contributed by atoms with Crippen LogP contribution in [0.5, 0.6) is 0 Å². The normalized spacial score (nSPS) is 52.8. The molecule has 12 rings (SSSR count). The van der Waals surface area contributed by atoms with Crippen LogP contribution in [0.25, 0.3) is 0 Å². The fourth-order valence-corrected chi connectivity index (χ4v) is 19.9. The molecule has 63 heavy (non-hydrogen) atoms. The number of carbonyl (C=O) groups excluding carboxylic acids is 4. The number of carbonyl (C=O) groups is 4. The van der Waals surface area contributed by atoms with Crippen molar-refractivity contribution in [2.45, 2.75) is 214 Å². The van der Waals surface area contributed by atoms with E-state index in [4.69, 9.17) is 0 Å². The Labute approximate surface area is 380 Å². The lowest BCUT2D eigenvalue weighted by Gasteiger charge is -2.60. The number of hydrogen-bond donors (Lipinski definition) is 2. The number of aliphatic hydroxyl groups is 2. The summed E-state index contributed by atoms with van der Waals surface area (Å²) in [5, 5.41) is 20.9. The van der Waals surface area contributed by atoms with E-state index in [-0.39, 0.29) is 39.3 Å². The van der Waals surface area contributed by atoms with E-state index in [1.807, 2.05) is 12.2 Å². The third-order valence-corrected chi connectivity index (χ3v) is 24.0. The van der Waals surface area contributed by atoms with Crippen molar-refractivity contribution in [2.24, 2.45) is 91.7 Å². The zero-order valence-electron chi connectivity index (χ0n) is 40.3. The van der Waals surface area contributed by atoms with Crippen molar-refractivity contribution in [2.75, 3.05) is 0 Å². The van der Waals surface area contributed by atoms with Crippen LogP contribution in [0.4, 0.5) is 0 Å². The van der Waals surface area contributed by atoms with Crippen LogP contribution in [0.3, 0.4) is 0 Å². The molecular formula is C57H84O6. The van der Waals surface area contributed by atoms with Crippen LogP contribution in [0, 0.1) is 91.7 Å². The van der Waals surface area contributed by atoms with Gasteiger partial charge in [0.1, 0.15) is 11.6 Å². The number of rotatable bonds is 0. The molecule has 1 unspecified atom stereocenters. The van der Waals surface area contributed by atoms with E-state index in [1.165, 1.54) is 81.8 Å². The van der Waals surface area contributed by atoms with E-state index in [0.29, 0.717) is 58.1 Å². The summed E-state index contributed by atoms with van der Waals surface area (Å²) >= 11 is 0. The van der Waals surface area contributed by atoms with E-state index in [0.717, 1.165) is 119 Å². The van der Waals surface area contributed by atoms with E-state index in [2.05, 4.69) is 41.5 Å². The third kappa shape index (κ3) is 6.84. The summed E-state index contributed by atoms with van der Waals surface area (Å²) in [5.74, 6) is 8.98. The van der Waals surface area contributed by atoms with Crippen molar-refractivity contribution in [1.82, 2.24) is 0 Å². The fraction of sp³-hybridized carbons (Fsp3) is 0.860. The minimum Gasteiger partial charge on any atom is -0.393 e. The molecule has 0 aliphatic heterocycles. The van der Waals surface area contributed by atoms with Crippen LogP contribution in [-0.4, -0.2) is 45.6 Å². The smallest absolute Gasteiger partial charge is 0.155 e. The highest BCUT2D eigenvalue weighted by Gasteiger charge is 2.62. The first-order valence-electron chi connectivity index (χ1n) is 26.7. The minimum atomic E-state index is -0.0823. The summed E-state index contributed by atoms with van der Waals surface area (Å²) in [4.78, 5) is 47.8. The van der Waals surface area contributed by atoms with Crippen LogP contribution in [0.15, 0.2) is 23.3 Å². The molecule has 10 fully saturated rings. The van der Waals surface area contributed by atoms with Crippen LogP contribution in [-0.2, 0) is 19.2 Å². The van der Waals surface area contributed by atoms with Crippen LogP contribution >= 0.6 is 0 Å². The second-order valence-electron chi connectivity index (χ2n) is 26.0. The second kappa shape index (κ2) is 15.8. The highest BCUT2D eigenvalue weighted by Crippen LogP contribution is 2.68. The van der Waals surface area contributed by atoms with Crippen molar-refractivity contribution in [3.63, 3.8) is 0 Å². The Kier molecular flexibility index (Phi) is 11.3. The monoisotopic (exact) mass is 865 g/mol. The quantitative estimate of drug-likeness (QED) is 0.251. The molecule has 0 aromatic heterocycles. The molecule has 12 aliphatic rings. The zero-order valence-corrected chi connectivity index (χ0v) is 40.3. The summed E-state index contributed by atoms with van der Waals surface area (Å²) in [6.07, 6.45) is 31.0. The highest BCUT2D eigenvalue weighted by molar-refractivity contribution is 5.92. The molecule has 0 radical (unpaired) electrons. The Balaban J connectivity index is 0.000000112. The molecule has 12 aliphatic carbocycles. The topological polar surface area (TPSA) is 109 Å². The van der Waals surface area contributed by atoms with Gasteiger partial charge in [-0.2, -0.15) is 0 Å². The van der Waals surface area contributed by atoms with Gasteiger partial charge in [-0.3, -0.25) is 19.2 Å². The first-order chi connectivity index (χ1) is 29.8. The Morgan fingerprint density at radius 1 is 0.413 bits per heavy atom. The number of allylic oxidation sites excluding steroid dienone is 2. The maximum atomic E-state index is 12.4. The maximum Gasteiger partial charge on any atom is 0.155 e. The van der Waals surface area contributed by atoms with E-state index in [9.17, 15) is 29.4 Å². The molecule has 6 nitrogen and oxygen atoms in total. The van der Waals surface area contributed by atoms with Crippen molar-refractivity contribution in [1.29, 1.82) is 0 Å². The molecule has 18 atom stereocenters. The van der Waals surface area contributed by atoms with Gasteiger partial charge in [-0.05, 0) is 227 Å². The average molecular weight is 865 g/mol. The van der Waals surface area contributed by atoms with Gasteiger partial charge in [0, 0.05) is 37.5 Å². The van der Waals surface area contributed by atoms with Crippen LogP contribution in [0.1, 0.15) is 202 Å². The number of fused-ring (bicyclic) bond motifs is 15. The molecule has 0 amide bonds. The van der Waals surface area contributed by atoms with Gasteiger partial charge in [0.05, 0.1) is 12.2 Å². The Morgan fingerprint density at radius 3 is 1.46 bits per heavy atom. The van der Waals surface area contributed by atoms with Gasteiger partial charge < -0.3 is 10.2 Å². The number of aliphatic hydroxyl groups excluding tert-OH is 2. The molecule has 0 heterocycles. The first-order valence-corrected chi connectivity index (χ1v) is 26.7. The molecule has 0 bridgehead atoms. The Morgan fingerprint density at radius 2 is 0.889 bits per heavy atom. The van der Waals surface area contributed by atoms with Gasteiger partial charge >= 0.3 is 0 Å². The number of ketones is 4. The van der Waals surface area contributed by atoms with E-state index in [1.54, 1.807) is 0 Å². The maximum absolute atomic E-state index is 12.4. The van der Waals surface area contributed by atoms with Gasteiger partial charge in [-0.15, -0.1) is 0 Å². The van der Waals surface area contributed by atoms with Gasteiger partial charge in [-0.1, -0.05) is 52.7 Å².